The molecule has 0 aromatic heterocycles. The number of hydrogen-bond donors (Lipinski definition) is 1. The van der Waals surface area contributed by atoms with Crippen LogP contribution >= 0.6 is 0 Å². The average Bonchev–Trinajstić information content (AvgIpc) is 2.42. The summed E-state index contributed by atoms with van der Waals surface area (Å²) < 4.78 is 5.43. The predicted octanol–water partition coefficient (Wildman–Crippen LogP) is 2.28. The molecule has 0 amide bonds. The summed E-state index contributed by atoms with van der Waals surface area (Å²) in [5.41, 5.74) is 1.22. The number of aliphatic imine (C=N–C) groups is 1. The van der Waals surface area contributed by atoms with Crippen LogP contribution in [0.3, 0.4) is 0 Å². The number of ether oxygens (including phenoxy) is 1. The van der Waals surface area contributed by atoms with Gasteiger partial charge in [-0.2, -0.15) is 0 Å². The molecule has 0 aliphatic heterocycles. The van der Waals surface area contributed by atoms with E-state index in [2.05, 4.69) is 33.9 Å². The van der Waals surface area contributed by atoms with Gasteiger partial charge in [0.05, 0.1) is 6.61 Å². The minimum Gasteiger partial charge on any atom is -0.494 e. The highest BCUT2D eigenvalue weighted by Crippen LogP contribution is 2.13. The van der Waals surface area contributed by atoms with E-state index in [1.165, 1.54) is 5.56 Å². The summed E-state index contributed by atoms with van der Waals surface area (Å²) in [6.45, 7) is 7.87. The summed E-state index contributed by atoms with van der Waals surface area (Å²) in [7, 11) is 3.79. The predicted molar refractivity (Wildman–Crippen MR) is 80.6 cm³/mol. The summed E-state index contributed by atoms with van der Waals surface area (Å²) in [5.74, 6) is 1.76. The Bertz CT molecular complexity index is 412. The third kappa shape index (κ3) is 5.04. The second-order valence-electron chi connectivity index (χ2n) is 4.15. The summed E-state index contributed by atoms with van der Waals surface area (Å²) in [5, 5.41) is 3.20. The molecule has 0 bridgehead atoms. The van der Waals surface area contributed by atoms with Gasteiger partial charge in [0.1, 0.15) is 5.75 Å². The lowest BCUT2D eigenvalue weighted by molar-refractivity contribution is 0.340. The Kier molecular flexibility index (Phi) is 6.50. The van der Waals surface area contributed by atoms with Crippen LogP contribution in [0.15, 0.2) is 41.9 Å². The van der Waals surface area contributed by atoms with Crippen molar-refractivity contribution in [3.8, 4) is 5.75 Å². The van der Waals surface area contributed by atoms with Crippen LogP contribution in [0.5, 0.6) is 5.75 Å². The first kappa shape index (κ1) is 15.1. The van der Waals surface area contributed by atoms with E-state index in [-0.39, 0.29) is 0 Å². The summed E-state index contributed by atoms with van der Waals surface area (Å²) in [4.78, 5) is 6.30. The van der Waals surface area contributed by atoms with E-state index in [0.29, 0.717) is 13.2 Å². The summed E-state index contributed by atoms with van der Waals surface area (Å²) in [6, 6.07) is 8.13. The van der Waals surface area contributed by atoms with Gasteiger partial charge < -0.3 is 15.0 Å². The Labute approximate surface area is 115 Å². The van der Waals surface area contributed by atoms with Gasteiger partial charge in [-0.25, -0.2) is 0 Å². The smallest absolute Gasteiger partial charge is 0.193 e. The van der Waals surface area contributed by atoms with E-state index in [9.17, 15) is 0 Å². The molecule has 104 valence electrons. The molecule has 0 atom stereocenters. The van der Waals surface area contributed by atoms with Crippen molar-refractivity contribution in [2.45, 2.75) is 13.5 Å². The van der Waals surface area contributed by atoms with Gasteiger partial charge in [-0.3, -0.25) is 4.99 Å². The zero-order valence-corrected chi connectivity index (χ0v) is 12.0. The Morgan fingerprint density at radius 3 is 2.63 bits per heavy atom. The molecule has 0 unspecified atom stereocenters. The quantitative estimate of drug-likeness (QED) is 0.485. The minimum atomic E-state index is 0.692. The molecule has 0 aliphatic carbocycles. The Balaban J connectivity index is 2.59. The second kappa shape index (κ2) is 8.19. The third-order valence-corrected chi connectivity index (χ3v) is 2.63. The van der Waals surface area contributed by atoms with Crippen LogP contribution in [0.4, 0.5) is 0 Å². The van der Waals surface area contributed by atoms with Crippen molar-refractivity contribution < 1.29 is 4.74 Å². The van der Waals surface area contributed by atoms with E-state index in [1.807, 2.05) is 32.2 Å². The largest absolute Gasteiger partial charge is 0.494 e. The lowest BCUT2D eigenvalue weighted by Crippen LogP contribution is -2.38. The van der Waals surface area contributed by atoms with Crippen molar-refractivity contribution in [1.82, 2.24) is 10.2 Å². The van der Waals surface area contributed by atoms with Gasteiger partial charge in [-0.15, -0.1) is 6.58 Å². The lowest BCUT2D eigenvalue weighted by Gasteiger charge is -2.21. The van der Waals surface area contributed by atoms with E-state index in [0.717, 1.165) is 18.3 Å². The van der Waals surface area contributed by atoms with E-state index >= 15 is 0 Å². The van der Waals surface area contributed by atoms with E-state index in [4.69, 9.17) is 4.74 Å². The van der Waals surface area contributed by atoms with Crippen molar-refractivity contribution in [3.05, 3.63) is 42.5 Å². The number of guanidine groups is 1. The summed E-state index contributed by atoms with van der Waals surface area (Å²) >= 11 is 0. The van der Waals surface area contributed by atoms with Gasteiger partial charge in [0.2, 0.25) is 0 Å². The van der Waals surface area contributed by atoms with Crippen molar-refractivity contribution in [2.24, 2.45) is 4.99 Å². The molecule has 1 N–H and O–H groups in total. The molecule has 4 nitrogen and oxygen atoms in total. The highest BCUT2D eigenvalue weighted by Gasteiger charge is 2.05. The molecule has 19 heavy (non-hydrogen) atoms. The monoisotopic (exact) mass is 261 g/mol. The van der Waals surface area contributed by atoms with Crippen LogP contribution in [0, 0.1) is 0 Å². The number of hydrogen-bond acceptors (Lipinski definition) is 2. The highest BCUT2D eigenvalue weighted by molar-refractivity contribution is 5.79. The number of benzene rings is 1. The molecule has 1 rings (SSSR count). The van der Waals surface area contributed by atoms with Gasteiger partial charge in [-0.05, 0) is 24.6 Å². The molecule has 1 aromatic carbocycles. The fourth-order valence-electron chi connectivity index (χ4n) is 1.75. The zero-order chi connectivity index (χ0) is 14.1. The number of nitrogens with one attached hydrogen (secondary N) is 1. The maximum absolute atomic E-state index is 5.43. The molecular weight excluding hydrogens is 238 g/mol. The molecule has 4 heteroatoms. The average molecular weight is 261 g/mol. The topological polar surface area (TPSA) is 36.9 Å². The maximum atomic E-state index is 5.43. The Hall–Kier alpha value is -1.97. The first-order valence-electron chi connectivity index (χ1n) is 6.45. The SMILES string of the molecule is C=CCNC(=NC)N(C)Cc1ccc(OCC)cc1. The fourth-order valence-corrected chi connectivity index (χ4v) is 1.75. The molecule has 0 heterocycles. The van der Waals surface area contributed by atoms with Crippen LogP contribution < -0.4 is 10.1 Å². The van der Waals surface area contributed by atoms with Gasteiger partial charge in [0, 0.05) is 27.2 Å². The van der Waals surface area contributed by atoms with E-state index < -0.39 is 0 Å². The lowest BCUT2D eigenvalue weighted by atomic mass is 10.2. The molecule has 1 aromatic rings. The minimum absolute atomic E-state index is 0.692. The molecule has 0 radical (unpaired) electrons. The second-order valence-corrected chi connectivity index (χ2v) is 4.15. The molecule has 0 fully saturated rings. The molecule has 0 aliphatic rings. The fraction of sp³-hybridized carbons (Fsp3) is 0.400. The van der Waals surface area contributed by atoms with Crippen LogP contribution in [0.1, 0.15) is 12.5 Å². The van der Waals surface area contributed by atoms with Crippen molar-refractivity contribution in [1.29, 1.82) is 0 Å². The van der Waals surface area contributed by atoms with Gasteiger partial charge in [-0.1, -0.05) is 18.2 Å². The first-order chi connectivity index (χ1) is 9.21. The third-order valence-electron chi connectivity index (χ3n) is 2.63. The summed E-state index contributed by atoms with van der Waals surface area (Å²) in [6.07, 6.45) is 1.82. The van der Waals surface area contributed by atoms with Crippen LogP contribution in [-0.4, -0.2) is 38.1 Å². The van der Waals surface area contributed by atoms with Gasteiger partial charge in [0.15, 0.2) is 5.96 Å². The maximum Gasteiger partial charge on any atom is 0.193 e. The molecule has 0 saturated carbocycles. The standard InChI is InChI=1S/C15H23N3O/c1-5-11-17-15(16-3)18(4)12-13-7-9-14(10-8-13)19-6-2/h5,7-10H,1,6,11-12H2,2-4H3,(H,16,17). The van der Waals surface area contributed by atoms with Crippen LogP contribution in [-0.2, 0) is 6.54 Å². The van der Waals surface area contributed by atoms with Gasteiger partial charge >= 0.3 is 0 Å². The Morgan fingerprint density at radius 2 is 2.11 bits per heavy atom. The zero-order valence-electron chi connectivity index (χ0n) is 12.0. The normalized spacial score (nSPS) is 11.0. The van der Waals surface area contributed by atoms with Crippen LogP contribution in [0.25, 0.3) is 0 Å². The number of rotatable bonds is 6. The van der Waals surface area contributed by atoms with Crippen LogP contribution in [0.2, 0.25) is 0 Å². The molecular formula is C15H23N3O. The first-order valence-corrected chi connectivity index (χ1v) is 6.45. The molecule has 0 saturated heterocycles. The van der Waals surface area contributed by atoms with Gasteiger partial charge in [0.25, 0.3) is 0 Å². The molecule has 0 spiro atoms. The number of nitrogens with zero attached hydrogens (tertiary/aromatic N) is 2. The Morgan fingerprint density at radius 1 is 1.42 bits per heavy atom. The van der Waals surface area contributed by atoms with Crippen molar-refractivity contribution in [3.63, 3.8) is 0 Å². The highest BCUT2D eigenvalue weighted by atomic mass is 16.5. The van der Waals surface area contributed by atoms with Crippen molar-refractivity contribution in [2.75, 3.05) is 27.2 Å². The van der Waals surface area contributed by atoms with Crippen molar-refractivity contribution >= 4 is 5.96 Å². The van der Waals surface area contributed by atoms with E-state index in [1.54, 1.807) is 7.05 Å².